The Morgan fingerprint density at radius 2 is 2.21 bits per heavy atom. The molecule has 1 aromatic carbocycles. The Kier molecular flexibility index (Phi) is 3.65. The standard InChI is InChI=1S/C18H18N4O2/c23-18(24)14-6-1-3-12(9-14)11-20-17-16-10-15(13-4-2-5-13)21-22(16)8-7-19-17/h1,3,6-10,13H,2,4-5,11H2,(H,19,20)(H,23,24). The number of fused-ring (bicyclic) bond motifs is 1. The van der Waals surface area contributed by atoms with Crippen molar-refractivity contribution in [1.29, 1.82) is 0 Å². The minimum absolute atomic E-state index is 0.289. The highest BCUT2D eigenvalue weighted by Crippen LogP contribution is 2.36. The smallest absolute Gasteiger partial charge is 0.335 e. The van der Waals surface area contributed by atoms with Crippen LogP contribution in [-0.2, 0) is 6.54 Å². The molecule has 2 N–H and O–H groups in total. The fourth-order valence-electron chi connectivity index (χ4n) is 2.98. The van der Waals surface area contributed by atoms with E-state index < -0.39 is 5.97 Å². The quantitative estimate of drug-likeness (QED) is 0.753. The molecule has 0 saturated heterocycles. The summed E-state index contributed by atoms with van der Waals surface area (Å²) >= 11 is 0. The van der Waals surface area contributed by atoms with Gasteiger partial charge in [0, 0.05) is 24.9 Å². The Bertz CT molecular complexity index is 899. The third-order valence-electron chi connectivity index (χ3n) is 4.57. The van der Waals surface area contributed by atoms with E-state index in [0.717, 1.165) is 22.6 Å². The molecule has 0 unspecified atom stereocenters. The molecule has 6 nitrogen and oxygen atoms in total. The number of carboxylic acids is 1. The van der Waals surface area contributed by atoms with Crippen molar-refractivity contribution in [3.8, 4) is 0 Å². The summed E-state index contributed by atoms with van der Waals surface area (Å²) in [5, 5.41) is 17.0. The lowest BCUT2D eigenvalue weighted by atomic mass is 9.83. The summed E-state index contributed by atoms with van der Waals surface area (Å²) in [4.78, 5) is 15.5. The number of carbonyl (C=O) groups is 1. The number of hydrogen-bond donors (Lipinski definition) is 2. The summed E-state index contributed by atoms with van der Waals surface area (Å²) in [5.41, 5.74) is 3.27. The zero-order chi connectivity index (χ0) is 16.5. The van der Waals surface area contributed by atoms with Crippen LogP contribution in [0.1, 0.15) is 46.8 Å². The first-order valence-corrected chi connectivity index (χ1v) is 8.11. The zero-order valence-corrected chi connectivity index (χ0v) is 13.1. The molecule has 0 spiro atoms. The molecule has 3 aromatic rings. The molecule has 1 aliphatic rings. The summed E-state index contributed by atoms with van der Waals surface area (Å²) in [6, 6.07) is 9.02. The molecule has 4 rings (SSSR count). The highest BCUT2D eigenvalue weighted by molar-refractivity contribution is 5.87. The van der Waals surface area contributed by atoms with Crippen LogP contribution in [0.2, 0.25) is 0 Å². The molecular weight excluding hydrogens is 304 g/mol. The lowest BCUT2D eigenvalue weighted by molar-refractivity contribution is 0.0697. The molecule has 0 amide bonds. The summed E-state index contributed by atoms with van der Waals surface area (Å²) in [6.45, 7) is 0.512. The van der Waals surface area contributed by atoms with Crippen molar-refractivity contribution in [3.05, 3.63) is 59.5 Å². The maximum Gasteiger partial charge on any atom is 0.335 e. The molecule has 122 valence electrons. The molecule has 2 heterocycles. The first kappa shape index (κ1) is 14.7. The van der Waals surface area contributed by atoms with Crippen molar-refractivity contribution >= 4 is 17.3 Å². The van der Waals surface area contributed by atoms with E-state index >= 15 is 0 Å². The summed E-state index contributed by atoms with van der Waals surface area (Å²) in [5.74, 6) is 0.416. The highest BCUT2D eigenvalue weighted by atomic mass is 16.4. The van der Waals surface area contributed by atoms with Gasteiger partial charge in [0.2, 0.25) is 0 Å². The van der Waals surface area contributed by atoms with Gasteiger partial charge in [0.25, 0.3) is 0 Å². The van der Waals surface area contributed by atoms with Gasteiger partial charge in [0.1, 0.15) is 5.52 Å². The average molecular weight is 322 g/mol. The van der Waals surface area contributed by atoms with Crippen LogP contribution in [0.25, 0.3) is 5.52 Å². The van der Waals surface area contributed by atoms with Crippen LogP contribution in [0.4, 0.5) is 5.82 Å². The number of carboxylic acid groups (broad SMARTS) is 1. The van der Waals surface area contributed by atoms with Crippen LogP contribution < -0.4 is 5.32 Å². The average Bonchev–Trinajstić information content (AvgIpc) is 2.95. The molecule has 2 aromatic heterocycles. The normalized spacial score (nSPS) is 14.5. The van der Waals surface area contributed by atoms with E-state index in [9.17, 15) is 4.79 Å². The topological polar surface area (TPSA) is 79.5 Å². The molecule has 1 saturated carbocycles. The third kappa shape index (κ3) is 2.71. The van der Waals surface area contributed by atoms with Gasteiger partial charge in [0.15, 0.2) is 5.82 Å². The number of aromatic nitrogens is 3. The number of hydrogen-bond acceptors (Lipinski definition) is 4. The largest absolute Gasteiger partial charge is 0.478 e. The molecule has 6 heteroatoms. The van der Waals surface area contributed by atoms with Crippen LogP contribution >= 0.6 is 0 Å². The molecule has 1 fully saturated rings. The second-order valence-corrected chi connectivity index (χ2v) is 6.16. The van der Waals surface area contributed by atoms with E-state index in [0.29, 0.717) is 12.5 Å². The molecule has 24 heavy (non-hydrogen) atoms. The van der Waals surface area contributed by atoms with Gasteiger partial charge in [-0.25, -0.2) is 14.3 Å². The number of aromatic carboxylic acids is 1. The van der Waals surface area contributed by atoms with Crippen LogP contribution in [0.3, 0.4) is 0 Å². The number of rotatable bonds is 5. The molecular formula is C18H18N4O2. The van der Waals surface area contributed by atoms with Gasteiger partial charge in [-0.1, -0.05) is 18.6 Å². The number of benzene rings is 1. The van der Waals surface area contributed by atoms with Gasteiger partial charge in [-0.05, 0) is 36.6 Å². The Morgan fingerprint density at radius 3 is 2.96 bits per heavy atom. The van der Waals surface area contributed by atoms with E-state index in [2.05, 4.69) is 21.5 Å². The maximum absolute atomic E-state index is 11.1. The fourth-order valence-corrected chi connectivity index (χ4v) is 2.98. The number of nitrogens with one attached hydrogen (secondary N) is 1. The molecule has 0 aliphatic heterocycles. The second kappa shape index (κ2) is 5.96. The Morgan fingerprint density at radius 1 is 1.33 bits per heavy atom. The van der Waals surface area contributed by atoms with Crippen molar-refractivity contribution in [3.63, 3.8) is 0 Å². The highest BCUT2D eigenvalue weighted by Gasteiger charge is 2.22. The van der Waals surface area contributed by atoms with Gasteiger partial charge in [-0.15, -0.1) is 0 Å². The van der Waals surface area contributed by atoms with Gasteiger partial charge >= 0.3 is 5.97 Å². The van der Waals surface area contributed by atoms with Crippen molar-refractivity contribution in [2.75, 3.05) is 5.32 Å². The molecule has 0 radical (unpaired) electrons. The Labute approximate surface area is 139 Å². The first-order valence-electron chi connectivity index (χ1n) is 8.11. The second-order valence-electron chi connectivity index (χ2n) is 6.16. The summed E-state index contributed by atoms with van der Waals surface area (Å²) in [7, 11) is 0. The van der Waals surface area contributed by atoms with Gasteiger partial charge in [-0.3, -0.25) is 0 Å². The van der Waals surface area contributed by atoms with E-state index in [-0.39, 0.29) is 5.56 Å². The zero-order valence-electron chi connectivity index (χ0n) is 13.1. The van der Waals surface area contributed by atoms with Gasteiger partial charge < -0.3 is 10.4 Å². The van der Waals surface area contributed by atoms with Crippen molar-refractivity contribution < 1.29 is 9.90 Å². The van der Waals surface area contributed by atoms with E-state index in [1.54, 1.807) is 24.4 Å². The van der Waals surface area contributed by atoms with E-state index in [4.69, 9.17) is 5.11 Å². The summed E-state index contributed by atoms with van der Waals surface area (Å²) < 4.78 is 1.86. The lowest BCUT2D eigenvalue weighted by Crippen LogP contribution is -2.09. The van der Waals surface area contributed by atoms with Crippen LogP contribution in [0.15, 0.2) is 42.7 Å². The van der Waals surface area contributed by atoms with E-state index in [1.807, 2.05) is 16.8 Å². The maximum atomic E-state index is 11.1. The van der Waals surface area contributed by atoms with E-state index in [1.165, 1.54) is 19.3 Å². The Hall–Kier alpha value is -2.89. The van der Waals surface area contributed by atoms with Gasteiger partial charge in [0.05, 0.1) is 11.3 Å². The van der Waals surface area contributed by atoms with Crippen molar-refractivity contribution in [2.24, 2.45) is 0 Å². The molecule has 0 bridgehead atoms. The van der Waals surface area contributed by atoms with Crippen LogP contribution in [0, 0.1) is 0 Å². The minimum Gasteiger partial charge on any atom is -0.478 e. The Balaban J connectivity index is 1.57. The first-order chi connectivity index (χ1) is 11.7. The third-order valence-corrected chi connectivity index (χ3v) is 4.57. The predicted octanol–water partition coefficient (Wildman–Crippen LogP) is 3.31. The minimum atomic E-state index is -0.919. The number of anilines is 1. The fraction of sp³-hybridized carbons (Fsp3) is 0.278. The lowest BCUT2D eigenvalue weighted by Gasteiger charge is -2.22. The van der Waals surface area contributed by atoms with Crippen molar-refractivity contribution in [2.45, 2.75) is 31.7 Å². The summed E-state index contributed by atoms with van der Waals surface area (Å²) in [6.07, 6.45) is 7.28. The monoisotopic (exact) mass is 322 g/mol. The van der Waals surface area contributed by atoms with Crippen molar-refractivity contribution in [1.82, 2.24) is 14.6 Å². The molecule has 1 aliphatic carbocycles. The molecule has 0 atom stereocenters. The number of nitrogens with zero attached hydrogens (tertiary/aromatic N) is 3. The van der Waals surface area contributed by atoms with Gasteiger partial charge in [-0.2, -0.15) is 5.10 Å². The van der Waals surface area contributed by atoms with Crippen LogP contribution in [-0.4, -0.2) is 25.7 Å². The SMILES string of the molecule is O=C(O)c1cccc(CNc2nccn3nc(C4CCC4)cc23)c1. The predicted molar refractivity (Wildman–Crippen MR) is 90.3 cm³/mol. The van der Waals surface area contributed by atoms with Crippen LogP contribution in [0.5, 0.6) is 0 Å².